The van der Waals surface area contributed by atoms with E-state index in [1.165, 1.54) is 0 Å². The van der Waals surface area contributed by atoms with Gasteiger partial charge in [0.05, 0.1) is 12.1 Å². The van der Waals surface area contributed by atoms with E-state index in [1.54, 1.807) is 11.8 Å². The summed E-state index contributed by atoms with van der Waals surface area (Å²) in [6, 6.07) is 7.58. The molecule has 1 aromatic carbocycles. The minimum Gasteiger partial charge on any atom is -0.484 e. The Bertz CT molecular complexity index is 442. The maximum absolute atomic E-state index is 12.2. The number of ether oxygens (including phenoxy) is 1. The highest BCUT2D eigenvalue weighted by Gasteiger charge is 2.29. The Morgan fingerprint density at radius 3 is 2.75 bits per heavy atom. The lowest BCUT2D eigenvalue weighted by molar-refractivity contribution is -0.139. The average Bonchev–Trinajstić information content (AvgIpc) is 2.46. The van der Waals surface area contributed by atoms with Crippen LogP contribution in [0.5, 0.6) is 5.75 Å². The van der Waals surface area contributed by atoms with E-state index in [0.717, 1.165) is 24.8 Å². The summed E-state index contributed by atoms with van der Waals surface area (Å²) >= 11 is 0. The first-order chi connectivity index (χ1) is 9.58. The van der Waals surface area contributed by atoms with Crippen LogP contribution in [-0.2, 0) is 4.79 Å². The molecule has 0 aromatic heterocycles. The van der Waals surface area contributed by atoms with E-state index in [2.05, 4.69) is 0 Å². The number of rotatable bonds is 4. The predicted molar refractivity (Wildman–Crippen MR) is 77.7 cm³/mol. The fourth-order valence-corrected chi connectivity index (χ4v) is 2.63. The van der Waals surface area contributed by atoms with Gasteiger partial charge in [-0.05, 0) is 45.2 Å². The Morgan fingerprint density at radius 2 is 2.10 bits per heavy atom. The molecule has 0 saturated carbocycles. The molecule has 0 bridgehead atoms. The quantitative estimate of drug-likeness (QED) is 0.917. The van der Waals surface area contributed by atoms with Crippen LogP contribution in [0.1, 0.15) is 31.7 Å². The molecule has 0 aliphatic carbocycles. The van der Waals surface area contributed by atoms with Crippen LogP contribution in [0.3, 0.4) is 0 Å². The van der Waals surface area contributed by atoms with Crippen LogP contribution in [0, 0.1) is 6.92 Å². The zero-order valence-electron chi connectivity index (χ0n) is 12.2. The molecule has 1 N–H and O–H groups in total. The SMILES string of the molecule is Cc1ccc(OCC(=O)N2CCCCC2C(C)O)cc1. The zero-order valence-corrected chi connectivity index (χ0v) is 12.2. The maximum atomic E-state index is 12.2. The van der Waals surface area contributed by atoms with Gasteiger partial charge in [-0.1, -0.05) is 17.7 Å². The van der Waals surface area contributed by atoms with Crippen molar-refractivity contribution in [1.29, 1.82) is 0 Å². The smallest absolute Gasteiger partial charge is 0.260 e. The van der Waals surface area contributed by atoms with Crippen molar-refractivity contribution in [1.82, 2.24) is 4.90 Å². The summed E-state index contributed by atoms with van der Waals surface area (Å²) in [5.41, 5.74) is 1.16. The molecule has 110 valence electrons. The fourth-order valence-electron chi connectivity index (χ4n) is 2.63. The van der Waals surface area contributed by atoms with Crippen molar-refractivity contribution < 1.29 is 14.6 Å². The van der Waals surface area contributed by atoms with Crippen molar-refractivity contribution in [3.8, 4) is 5.75 Å². The Kier molecular flexibility index (Phi) is 5.01. The molecule has 1 aromatic rings. The molecule has 4 heteroatoms. The van der Waals surface area contributed by atoms with E-state index in [9.17, 15) is 9.90 Å². The number of aryl methyl sites for hydroxylation is 1. The van der Waals surface area contributed by atoms with Gasteiger partial charge in [-0.3, -0.25) is 4.79 Å². The van der Waals surface area contributed by atoms with Gasteiger partial charge in [0.1, 0.15) is 5.75 Å². The molecule has 0 spiro atoms. The molecule has 1 aliphatic heterocycles. The van der Waals surface area contributed by atoms with Crippen molar-refractivity contribution in [3.63, 3.8) is 0 Å². The van der Waals surface area contributed by atoms with Gasteiger partial charge >= 0.3 is 0 Å². The highest BCUT2D eigenvalue weighted by atomic mass is 16.5. The number of aliphatic hydroxyl groups is 1. The average molecular weight is 277 g/mol. The third-order valence-electron chi connectivity index (χ3n) is 3.81. The van der Waals surface area contributed by atoms with Gasteiger partial charge in [-0.2, -0.15) is 0 Å². The lowest BCUT2D eigenvalue weighted by Crippen LogP contribution is -2.50. The summed E-state index contributed by atoms with van der Waals surface area (Å²) in [4.78, 5) is 14.0. The van der Waals surface area contributed by atoms with E-state index >= 15 is 0 Å². The van der Waals surface area contributed by atoms with Gasteiger partial charge in [-0.25, -0.2) is 0 Å². The summed E-state index contributed by atoms with van der Waals surface area (Å²) in [6.45, 7) is 4.50. The van der Waals surface area contributed by atoms with Gasteiger partial charge in [0.2, 0.25) is 0 Å². The molecular formula is C16H23NO3. The molecule has 1 heterocycles. The highest BCUT2D eigenvalue weighted by molar-refractivity contribution is 5.78. The molecule has 2 unspecified atom stereocenters. The minimum atomic E-state index is -0.487. The van der Waals surface area contributed by atoms with Crippen LogP contribution < -0.4 is 4.74 Å². The molecule has 1 fully saturated rings. The summed E-state index contributed by atoms with van der Waals surface area (Å²) in [5, 5.41) is 9.78. The number of likely N-dealkylation sites (tertiary alicyclic amines) is 1. The van der Waals surface area contributed by atoms with E-state index in [-0.39, 0.29) is 18.6 Å². The predicted octanol–water partition coefficient (Wildman–Crippen LogP) is 2.14. The van der Waals surface area contributed by atoms with Crippen molar-refractivity contribution in [2.45, 2.75) is 45.3 Å². The number of carbonyl (C=O) groups is 1. The molecule has 20 heavy (non-hydrogen) atoms. The Hall–Kier alpha value is -1.55. The topological polar surface area (TPSA) is 49.8 Å². The molecule has 2 rings (SSSR count). The first-order valence-corrected chi connectivity index (χ1v) is 7.25. The van der Waals surface area contributed by atoms with Crippen molar-refractivity contribution in [2.75, 3.05) is 13.2 Å². The highest BCUT2D eigenvalue weighted by Crippen LogP contribution is 2.20. The summed E-state index contributed by atoms with van der Waals surface area (Å²) in [7, 11) is 0. The van der Waals surface area contributed by atoms with E-state index in [0.29, 0.717) is 12.3 Å². The summed E-state index contributed by atoms with van der Waals surface area (Å²) in [5.74, 6) is 0.658. The molecule has 1 amide bonds. The largest absolute Gasteiger partial charge is 0.484 e. The second-order valence-electron chi connectivity index (χ2n) is 5.49. The number of hydrogen-bond acceptors (Lipinski definition) is 3. The van der Waals surface area contributed by atoms with Gasteiger partial charge < -0.3 is 14.7 Å². The summed E-state index contributed by atoms with van der Waals surface area (Å²) in [6.07, 6.45) is 2.45. The second kappa shape index (κ2) is 6.75. The molecule has 4 nitrogen and oxygen atoms in total. The first kappa shape index (κ1) is 14.9. The number of carbonyl (C=O) groups excluding carboxylic acids is 1. The van der Waals surface area contributed by atoms with Crippen molar-refractivity contribution >= 4 is 5.91 Å². The first-order valence-electron chi connectivity index (χ1n) is 7.25. The van der Waals surface area contributed by atoms with Crippen molar-refractivity contribution in [3.05, 3.63) is 29.8 Å². The lowest BCUT2D eigenvalue weighted by atomic mass is 9.98. The van der Waals surface area contributed by atoms with Crippen molar-refractivity contribution in [2.24, 2.45) is 0 Å². The van der Waals surface area contributed by atoms with Crippen LogP contribution in [0.2, 0.25) is 0 Å². The van der Waals surface area contributed by atoms with Gasteiger partial charge in [-0.15, -0.1) is 0 Å². The van der Waals surface area contributed by atoms with Crippen LogP contribution >= 0.6 is 0 Å². The number of nitrogens with zero attached hydrogens (tertiary/aromatic N) is 1. The minimum absolute atomic E-state index is 0.0340. The zero-order chi connectivity index (χ0) is 14.5. The van der Waals surface area contributed by atoms with Crippen LogP contribution in [0.4, 0.5) is 0 Å². The number of amides is 1. The number of benzene rings is 1. The van der Waals surface area contributed by atoms with Crippen LogP contribution in [-0.4, -0.2) is 41.2 Å². The van der Waals surface area contributed by atoms with E-state index < -0.39 is 6.10 Å². The van der Waals surface area contributed by atoms with Crippen LogP contribution in [0.15, 0.2) is 24.3 Å². The third-order valence-corrected chi connectivity index (χ3v) is 3.81. The van der Waals surface area contributed by atoms with Gasteiger partial charge in [0.15, 0.2) is 6.61 Å². The Morgan fingerprint density at radius 1 is 1.40 bits per heavy atom. The van der Waals surface area contributed by atoms with E-state index in [1.807, 2.05) is 31.2 Å². The second-order valence-corrected chi connectivity index (χ2v) is 5.49. The normalized spacial score (nSPS) is 20.6. The standard InChI is InChI=1S/C16H23NO3/c1-12-6-8-14(9-7-12)20-11-16(19)17-10-4-3-5-15(17)13(2)18/h6-9,13,15,18H,3-5,10-11H2,1-2H3. The Balaban J connectivity index is 1.91. The summed E-state index contributed by atoms with van der Waals surface area (Å²) < 4.78 is 5.53. The molecule has 0 radical (unpaired) electrons. The number of aliphatic hydroxyl groups excluding tert-OH is 1. The molecule has 1 saturated heterocycles. The number of piperidine rings is 1. The lowest BCUT2D eigenvalue weighted by Gasteiger charge is -2.37. The molecule has 1 aliphatic rings. The number of hydrogen-bond donors (Lipinski definition) is 1. The Labute approximate surface area is 120 Å². The monoisotopic (exact) mass is 277 g/mol. The van der Waals surface area contributed by atoms with Gasteiger partial charge in [0, 0.05) is 6.54 Å². The third kappa shape index (κ3) is 3.73. The molecular weight excluding hydrogens is 254 g/mol. The van der Waals surface area contributed by atoms with Crippen LogP contribution in [0.25, 0.3) is 0 Å². The maximum Gasteiger partial charge on any atom is 0.260 e. The van der Waals surface area contributed by atoms with Gasteiger partial charge in [0.25, 0.3) is 5.91 Å². The van der Waals surface area contributed by atoms with E-state index in [4.69, 9.17) is 4.74 Å². The fraction of sp³-hybridized carbons (Fsp3) is 0.562. The molecule has 2 atom stereocenters.